The van der Waals surface area contributed by atoms with E-state index in [0.717, 1.165) is 18.4 Å². The third-order valence-electron chi connectivity index (χ3n) is 4.92. The molecule has 1 aliphatic carbocycles. The number of aryl methyl sites for hydroxylation is 1. The Kier molecular flexibility index (Phi) is 4.15. The summed E-state index contributed by atoms with van der Waals surface area (Å²) >= 11 is 0. The van der Waals surface area contributed by atoms with Crippen LogP contribution < -0.4 is 5.73 Å². The minimum Gasteiger partial charge on any atom is -0.508 e. The molecule has 2 rings (SSSR count). The highest BCUT2D eigenvalue weighted by Gasteiger charge is 2.34. The Morgan fingerprint density at radius 2 is 1.75 bits per heavy atom. The Morgan fingerprint density at radius 1 is 1.15 bits per heavy atom. The molecule has 0 spiro atoms. The first-order chi connectivity index (χ1) is 9.30. The molecule has 0 radical (unpaired) electrons. The van der Waals surface area contributed by atoms with Crippen molar-refractivity contribution in [1.29, 1.82) is 0 Å². The zero-order valence-corrected chi connectivity index (χ0v) is 13.4. The Bertz CT molecular complexity index is 479. The molecule has 112 valence electrons. The van der Waals surface area contributed by atoms with Gasteiger partial charge in [0, 0.05) is 12.0 Å². The standard InChI is InChI=1S/C18H29NO/c1-13-10-15(17(2,3)4)16(20)11-14(13)18(12-19)8-6-5-7-9-18/h10-11,20H,5-9,12,19H2,1-4H3. The second kappa shape index (κ2) is 5.40. The van der Waals surface area contributed by atoms with Gasteiger partial charge >= 0.3 is 0 Å². The fraction of sp³-hybridized carbons (Fsp3) is 0.667. The van der Waals surface area contributed by atoms with Crippen molar-refractivity contribution in [2.24, 2.45) is 5.73 Å². The van der Waals surface area contributed by atoms with Crippen molar-refractivity contribution in [2.45, 2.75) is 70.6 Å². The van der Waals surface area contributed by atoms with Gasteiger partial charge < -0.3 is 10.8 Å². The molecule has 0 aromatic heterocycles. The SMILES string of the molecule is Cc1cc(C(C)(C)C)c(O)cc1C1(CN)CCCCC1. The number of phenols is 1. The van der Waals surface area contributed by atoms with Crippen LogP contribution in [-0.4, -0.2) is 11.7 Å². The molecular weight excluding hydrogens is 246 g/mol. The third kappa shape index (κ3) is 2.71. The summed E-state index contributed by atoms with van der Waals surface area (Å²) in [5.41, 5.74) is 9.76. The molecule has 2 heteroatoms. The molecular formula is C18H29NO. The van der Waals surface area contributed by atoms with Crippen LogP contribution in [0.4, 0.5) is 0 Å². The van der Waals surface area contributed by atoms with Crippen LogP contribution in [0.25, 0.3) is 0 Å². The number of rotatable bonds is 2. The molecule has 0 bridgehead atoms. The molecule has 0 aliphatic heterocycles. The van der Waals surface area contributed by atoms with Crippen molar-refractivity contribution in [2.75, 3.05) is 6.54 Å². The van der Waals surface area contributed by atoms with Crippen LogP contribution >= 0.6 is 0 Å². The van der Waals surface area contributed by atoms with E-state index < -0.39 is 0 Å². The number of nitrogens with two attached hydrogens (primary N) is 1. The van der Waals surface area contributed by atoms with Gasteiger partial charge in [0.2, 0.25) is 0 Å². The normalized spacial score (nSPS) is 19.1. The number of aromatic hydroxyl groups is 1. The van der Waals surface area contributed by atoms with Crippen LogP contribution in [0.2, 0.25) is 0 Å². The second-order valence-electron chi connectivity index (χ2n) is 7.48. The molecule has 1 aromatic rings. The summed E-state index contributed by atoms with van der Waals surface area (Å²) in [4.78, 5) is 0. The molecule has 1 saturated carbocycles. The van der Waals surface area contributed by atoms with Crippen LogP contribution in [0.1, 0.15) is 69.6 Å². The minimum absolute atomic E-state index is 0.0319. The van der Waals surface area contributed by atoms with E-state index in [0.29, 0.717) is 12.3 Å². The molecule has 0 unspecified atom stereocenters. The van der Waals surface area contributed by atoms with Gasteiger partial charge in [-0.1, -0.05) is 46.1 Å². The molecule has 20 heavy (non-hydrogen) atoms. The van der Waals surface area contributed by atoms with Crippen LogP contribution in [-0.2, 0) is 10.8 Å². The summed E-state index contributed by atoms with van der Waals surface area (Å²) < 4.78 is 0. The summed E-state index contributed by atoms with van der Waals surface area (Å²) in [5, 5.41) is 10.5. The quantitative estimate of drug-likeness (QED) is 0.851. The summed E-state index contributed by atoms with van der Waals surface area (Å²) in [6.07, 6.45) is 6.11. The van der Waals surface area contributed by atoms with E-state index in [-0.39, 0.29) is 10.8 Å². The van der Waals surface area contributed by atoms with Gasteiger partial charge in [-0.2, -0.15) is 0 Å². The first-order valence-electron chi connectivity index (χ1n) is 7.85. The van der Waals surface area contributed by atoms with Gasteiger partial charge in [0.25, 0.3) is 0 Å². The minimum atomic E-state index is -0.0319. The number of hydrogen-bond acceptors (Lipinski definition) is 2. The van der Waals surface area contributed by atoms with Crippen molar-refractivity contribution in [3.05, 3.63) is 28.8 Å². The van der Waals surface area contributed by atoms with E-state index in [1.807, 2.05) is 6.07 Å². The lowest BCUT2D eigenvalue weighted by Gasteiger charge is -2.38. The monoisotopic (exact) mass is 275 g/mol. The van der Waals surface area contributed by atoms with Gasteiger partial charge in [-0.25, -0.2) is 0 Å². The fourth-order valence-corrected chi connectivity index (χ4v) is 3.68. The Balaban J connectivity index is 2.50. The maximum Gasteiger partial charge on any atom is 0.119 e. The molecule has 1 aromatic carbocycles. The van der Waals surface area contributed by atoms with Gasteiger partial charge in [-0.15, -0.1) is 0 Å². The summed E-state index contributed by atoms with van der Waals surface area (Å²) in [6.45, 7) is 9.26. The van der Waals surface area contributed by atoms with E-state index >= 15 is 0 Å². The Labute approximate surface area is 123 Å². The summed E-state index contributed by atoms with van der Waals surface area (Å²) in [6, 6.07) is 4.16. The maximum atomic E-state index is 10.5. The lowest BCUT2D eigenvalue weighted by molar-refractivity contribution is 0.298. The maximum absolute atomic E-state index is 10.5. The topological polar surface area (TPSA) is 46.2 Å². The number of phenolic OH excluding ortho intramolecular Hbond substituents is 1. The molecule has 0 heterocycles. The van der Waals surface area contributed by atoms with E-state index in [2.05, 4.69) is 33.8 Å². The Morgan fingerprint density at radius 3 is 2.25 bits per heavy atom. The smallest absolute Gasteiger partial charge is 0.119 e. The van der Waals surface area contributed by atoms with Gasteiger partial charge in [0.05, 0.1) is 0 Å². The molecule has 1 fully saturated rings. The van der Waals surface area contributed by atoms with Gasteiger partial charge in [-0.3, -0.25) is 0 Å². The van der Waals surface area contributed by atoms with Crippen LogP contribution in [0.5, 0.6) is 5.75 Å². The van der Waals surface area contributed by atoms with Crippen LogP contribution in [0.15, 0.2) is 12.1 Å². The van der Waals surface area contributed by atoms with Crippen molar-refractivity contribution in [1.82, 2.24) is 0 Å². The zero-order valence-electron chi connectivity index (χ0n) is 13.4. The molecule has 0 amide bonds. The lowest BCUT2D eigenvalue weighted by Crippen LogP contribution is -2.37. The summed E-state index contributed by atoms with van der Waals surface area (Å²) in [7, 11) is 0. The highest BCUT2D eigenvalue weighted by atomic mass is 16.3. The van der Waals surface area contributed by atoms with Crippen molar-refractivity contribution >= 4 is 0 Å². The van der Waals surface area contributed by atoms with Crippen LogP contribution in [0, 0.1) is 6.92 Å². The predicted molar refractivity (Wildman–Crippen MR) is 85.4 cm³/mol. The predicted octanol–water partition coefficient (Wildman–Crippen LogP) is 4.16. The average Bonchev–Trinajstić information content (AvgIpc) is 2.40. The van der Waals surface area contributed by atoms with Crippen LogP contribution in [0.3, 0.4) is 0 Å². The molecule has 3 N–H and O–H groups in total. The highest BCUT2D eigenvalue weighted by Crippen LogP contribution is 2.43. The second-order valence-corrected chi connectivity index (χ2v) is 7.48. The fourth-order valence-electron chi connectivity index (χ4n) is 3.68. The lowest BCUT2D eigenvalue weighted by atomic mass is 9.67. The molecule has 2 nitrogen and oxygen atoms in total. The van der Waals surface area contributed by atoms with E-state index in [1.165, 1.54) is 30.4 Å². The van der Waals surface area contributed by atoms with Gasteiger partial charge in [-0.05, 0) is 47.9 Å². The third-order valence-corrected chi connectivity index (χ3v) is 4.92. The molecule has 0 atom stereocenters. The molecule has 1 aliphatic rings. The van der Waals surface area contributed by atoms with Crippen molar-refractivity contribution in [3.8, 4) is 5.75 Å². The first-order valence-corrected chi connectivity index (χ1v) is 7.85. The highest BCUT2D eigenvalue weighted by molar-refractivity contribution is 5.48. The van der Waals surface area contributed by atoms with Crippen molar-refractivity contribution in [3.63, 3.8) is 0 Å². The largest absolute Gasteiger partial charge is 0.508 e. The van der Waals surface area contributed by atoms with E-state index in [1.54, 1.807) is 0 Å². The zero-order chi connectivity index (χ0) is 15.0. The number of benzene rings is 1. The summed E-state index contributed by atoms with van der Waals surface area (Å²) in [5.74, 6) is 0.427. The van der Waals surface area contributed by atoms with Gasteiger partial charge in [0.1, 0.15) is 5.75 Å². The Hall–Kier alpha value is -1.02. The number of hydrogen-bond donors (Lipinski definition) is 2. The average molecular weight is 275 g/mol. The van der Waals surface area contributed by atoms with E-state index in [9.17, 15) is 5.11 Å². The first kappa shape index (κ1) is 15.4. The van der Waals surface area contributed by atoms with Crippen molar-refractivity contribution < 1.29 is 5.11 Å². The van der Waals surface area contributed by atoms with E-state index in [4.69, 9.17) is 5.73 Å². The van der Waals surface area contributed by atoms with Gasteiger partial charge in [0.15, 0.2) is 0 Å². The molecule has 0 saturated heterocycles.